The lowest BCUT2D eigenvalue weighted by atomic mass is 9.83. The van der Waals surface area contributed by atoms with Gasteiger partial charge in [-0.15, -0.1) is 0 Å². The maximum Gasteiger partial charge on any atom is 0.246 e. The summed E-state index contributed by atoms with van der Waals surface area (Å²) in [5, 5.41) is 9.16. The van der Waals surface area contributed by atoms with E-state index in [1.807, 2.05) is 51.1 Å². The Hall–Kier alpha value is -3.39. The maximum absolute atomic E-state index is 14.2. The third kappa shape index (κ3) is 6.27. The molecule has 2 unspecified atom stereocenters. The van der Waals surface area contributed by atoms with Gasteiger partial charge in [-0.05, 0) is 73.0 Å². The van der Waals surface area contributed by atoms with E-state index in [1.54, 1.807) is 26.0 Å². The number of rotatable bonds is 7. The van der Waals surface area contributed by atoms with Crippen molar-refractivity contribution in [2.45, 2.75) is 84.1 Å². The first-order chi connectivity index (χ1) is 18.5. The van der Waals surface area contributed by atoms with Crippen molar-refractivity contribution in [3.63, 3.8) is 0 Å². The van der Waals surface area contributed by atoms with Gasteiger partial charge >= 0.3 is 0 Å². The summed E-state index contributed by atoms with van der Waals surface area (Å²) in [4.78, 5) is 42.7. The number of ether oxygens (including phenoxy) is 1. The highest BCUT2D eigenvalue weighted by Gasteiger charge is 2.43. The van der Waals surface area contributed by atoms with E-state index in [2.05, 4.69) is 28.1 Å². The van der Waals surface area contributed by atoms with Gasteiger partial charge < -0.3 is 25.6 Å². The van der Waals surface area contributed by atoms with Crippen LogP contribution in [-0.2, 0) is 33.8 Å². The molecule has 8 heteroatoms. The van der Waals surface area contributed by atoms with Gasteiger partial charge in [0.25, 0.3) is 0 Å². The molecule has 1 heterocycles. The summed E-state index contributed by atoms with van der Waals surface area (Å²) < 4.78 is 5.43. The Bertz CT molecular complexity index is 1220. The first-order valence-electron chi connectivity index (χ1n) is 13.9. The van der Waals surface area contributed by atoms with Crippen molar-refractivity contribution in [1.82, 2.24) is 20.9 Å². The Morgan fingerprint density at radius 3 is 2.49 bits per heavy atom. The number of aryl methyl sites for hydroxylation is 1. The van der Waals surface area contributed by atoms with Crippen molar-refractivity contribution in [1.29, 1.82) is 0 Å². The molecule has 3 amide bonds. The smallest absolute Gasteiger partial charge is 0.246 e. The molecular weight excluding hydrogens is 492 g/mol. The zero-order chi connectivity index (χ0) is 28.3. The van der Waals surface area contributed by atoms with Crippen LogP contribution in [0.3, 0.4) is 0 Å². The van der Waals surface area contributed by atoms with Gasteiger partial charge in [0.05, 0.1) is 19.2 Å². The molecule has 2 aromatic rings. The molecule has 1 aliphatic carbocycles. The second kappa shape index (κ2) is 11.8. The van der Waals surface area contributed by atoms with Gasteiger partial charge in [0, 0.05) is 13.0 Å². The third-order valence-corrected chi connectivity index (χ3v) is 8.04. The fourth-order valence-corrected chi connectivity index (χ4v) is 5.54. The number of amides is 3. The molecule has 2 aliphatic rings. The van der Waals surface area contributed by atoms with Crippen LogP contribution in [0.5, 0.6) is 5.75 Å². The van der Waals surface area contributed by atoms with E-state index >= 15 is 0 Å². The van der Waals surface area contributed by atoms with Gasteiger partial charge in [0.2, 0.25) is 17.7 Å². The molecule has 0 fully saturated rings. The maximum atomic E-state index is 14.2. The van der Waals surface area contributed by atoms with E-state index in [1.165, 1.54) is 5.56 Å². The van der Waals surface area contributed by atoms with Crippen LogP contribution in [0.15, 0.2) is 42.5 Å². The van der Waals surface area contributed by atoms with Crippen molar-refractivity contribution in [2.75, 3.05) is 14.2 Å². The molecule has 1 aliphatic heterocycles. The van der Waals surface area contributed by atoms with E-state index in [-0.39, 0.29) is 30.3 Å². The number of likely N-dealkylation sites (N-methyl/N-ethyl adjacent to an activating group) is 1. The van der Waals surface area contributed by atoms with Crippen molar-refractivity contribution in [3.05, 3.63) is 64.7 Å². The standard InChI is InChI=1S/C31H42N4O4/c1-19(32-5)28(36)34-27(31(2,3)4)30(38)35-18-22-16-23(39-6)15-14-21(22)17-26(35)29(37)33-25-13-9-11-20-10-7-8-12-24(20)25/h7-8,10,12,14-16,19,25-27,32H,9,11,13,17-18H2,1-6H3,(H,33,37)(H,34,36)/t19-,25?,26-,27?/m0/s1. The van der Waals surface area contributed by atoms with Crippen LogP contribution in [0.1, 0.15) is 68.8 Å². The van der Waals surface area contributed by atoms with Crippen LogP contribution in [-0.4, -0.2) is 54.9 Å². The van der Waals surface area contributed by atoms with Crippen molar-refractivity contribution >= 4 is 17.7 Å². The summed E-state index contributed by atoms with van der Waals surface area (Å²) in [6.07, 6.45) is 3.26. The fraction of sp³-hybridized carbons (Fsp3) is 0.516. The summed E-state index contributed by atoms with van der Waals surface area (Å²) in [6.45, 7) is 7.79. The zero-order valence-electron chi connectivity index (χ0n) is 24.0. The molecular formula is C31H42N4O4. The van der Waals surface area contributed by atoms with Crippen molar-refractivity contribution in [2.24, 2.45) is 5.41 Å². The quantitative estimate of drug-likeness (QED) is 0.506. The van der Waals surface area contributed by atoms with Crippen LogP contribution in [0, 0.1) is 5.41 Å². The number of nitrogens with zero attached hydrogens (tertiary/aromatic N) is 1. The molecule has 3 N–H and O–H groups in total. The molecule has 0 bridgehead atoms. The van der Waals surface area contributed by atoms with Crippen LogP contribution < -0.4 is 20.7 Å². The number of methoxy groups -OCH3 is 1. The van der Waals surface area contributed by atoms with Gasteiger partial charge in [0.15, 0.2) is 0 Å². The number of carbonyl (C=O) groups excluding carboxylic acids is 3. The highest BCUT2D eigenvalue weighted by atomic mass is 16.5. The molecule has 0 aromatic heterocycles. The van der Waals surface area contributed by atoms with E-state index in [9.17, 15) is 14.4 Å². The number of carbonyl (C=O) groups is 3. The van der Waals surface area contributed by atoms with Crippen LogP contribution in [0.25, 0.3) is 0 Å². The highest BCUT2D eigenvalue weighted by molar-refractivity contribution is 5.94. The van der Waals surface area contributed by atoms with Crippen LogP contribution in [0.4, 0.5) is 0 Å². The second-order valence-corrected chi connectivity index (χ2v) is 11.8. The van der Waals surface area contributed by atoms with Gasteiger partial charge in [-0.25, -0.2) is 0 Å². The number of hydrogen-bond donors (Lipinski definition) is 3. The molecule has 4 atom stereocenters. The van der Waals surface area contributed by atoms with E-state index < -0.39 is 23.5 Å². The zero-order valence-corrected chi connectivity index (χ0v) is 24.0. The molecule has 8 nitrogen and oxygen atoms in total. The van der Waals surface area contributed by atoms with Crippen LogP contribution in [0.2, 0.25) is 0 Å². The van der Waals surface area contributed by atoms with E-state index in [4.69, 9.17) is 4.74 Å². The Morgan fingerprint density at radius 2 is 1.79 bits per heavy atom. The van der Waals surface area contributed by atoms with Gasteiger partial charge in [-0.2, -0.15) is 0 Å². The highest BCUT2D eigenvalue weighted by Crippen LogP contribution is 2.33. The first kappa shape index (κ1) is 28.6. The molecule has 0 saturated carbocycles. The molecule has 210 valence electrons. The van der Waals surface area contributed by atoms with E-state index in [0.717, 1.165) is 36.0 Å². The molecule has 39 heavy (non-hydrogen) atoms. The minimum atomic E-state index is -0.807. The summed E-state index contributed by atoms with van der Waals surface area (Å²) in [5.74, 6) is 0.00182. The number of nitrogens with one attached hydrogen (secondary N) is 3. The van der Waals surface area contributed by atoms with Crippen LogP contribution >= 0.6 is 0 Å². The fourth-order valence-electron chi connectivity index (χ4n) is 5.54. The predicted molar refractivity (Wildman–Crippen MR) is 151 cm³/mol. The number of hydrogen-bond acceptors (Lipinski definition) is 5. The summed E-state index contributed by atoms with van der Waals surface area (Å²) >= 11 is 0. The first-order valence-corrected chi connectivity index (χ1v) is 13.9. The summed E-state index contributed by atoms with van der Waals surface area (Å²) in [6, 6.07) is 12.0. The molecule has 4 rings (SSSR count). The lowest BCUT2D eigenvalue weighted by molar-refractivity contribution is -0.147. The second-order valence-electron chi connectivity index (χ2n) is 11.8. The Balaban J connectivity index is 1.66. The molecule has 0 radical (unpaired) electrons. The minimum Gasteiger partial charge on any atom is -0.497 e. The molecule has 0 saturated heterocycles. The largest absolute Gasteiger partial charge is 0.497 e. The van der Waals surface area contributed by atoms with Gasteiger partial charge in [-0.1, -0.05) is 51.1 Å². The normalized spacial score (nSPS) is 20.2. The monoisotopic (exact) mass is 534 g/mol. The van der Waals surface area contributed by atoms with E-state index in [0.29, 0.717) is 12.2 Å². The predicted octanol–water partition coefficient (Wildman–Crippen LogP) is 3.28. The molecule has 2 aromatic carbocycles. The van der Waals surface area contributed by atoms with Gasteiger partial charge in [-0.3, -0.25) is 14.4 Å². The van der Waals surface area contributed by atoms with Crippen molar-refractivity contribution in [3.8, 4) is 5.75 Å². The number of fused-ring (bicyclic) bond motifs is 2. The Labute approximate surface area is 231 Å². The summed E-state index contributed by atoms with van der Waals surface area (Å²) in [7, 11) is 3.32. The minimum absolute atomic E-state index is 0.0914. The lowest BCUT2D eigenvalue weighted by Gasteiger charge is -2.41. The Kier molecular flexibility index (Phi) is 8.64. The Morgan fingerprint density at radius 1 is 1.05 bits per heavy atom. The average molecular weight is 535 g/mol. The number of benzene rings is 2. The average Bonchev–Trinajstić information content (AvgIpc) is 2.93. The third-order valence-electron chi connectivity index (χ3n) is 8.04. The SMILES string of the molecule is CN[C@@H](C)C(=O)NC(C(=O)N1Cc2cc(OC)ccc2C[C@H]1C(=O)NC1CCCc2ccccc21)C(C)(C)C. The topological polar surface area (TPSA) is 99.8 Å². The lowest BCUT2D eigenvalue weighted by Crippen LogP contribution is -2.62. The summed E-state index contributed by atoms with van der Waals surface area (Å²) in [5.41, 5.74) is 3.80. The van der Waals surface area contributed by atoms with Gasteiger partial charge in [0.1, 0.15) is 17.8 Å². The molecule has 0 spiro atoms. The van der Waals surface area contributed by atoms with Crippen molar-refractivity contribution < 1.29 is 19.1 Å².